The number of rotatable bonds is 6. The number of nitrogens with zero attached hydrogens (tertiary/aromatic N) is 2. The summed E-state index contributed by atoms with van der Waals surface area (Å²) in [4.78, 5) is 17.0. The molecule has 1 fully saturated rings. The first kappa shape index (κ1) is 23.1. The molecule has 180 valence electrons. The summed E-state index contributed by atoms with van der Waals surface area (Å²) in [6.07, 6.45) is -0.323. The predicted octanol–water partition coefficient (Wildman–Crippen LogP) is 5.49. The Hall–Kier alpha value is -3.71. The number of hydrogen-bond donors (Lipinski definition) is 2. The van der Waals surface area contributed by atoms with E-state index in [0.717, 1.165) is 13.1 Å². The summed E-state index contributed by atoms with van der Waals surface area (Å²) in [5.41, 5.74) is 4.91. The van der Waals surface area contributed by atoms with Gasteiger partial charge in [0.2, 0.25) is 0 Å². The van der Waals surface area contributed by atoms with Crippen molar-refractivity contribution in [2.45, 2.75) is 25.7 Å². The lowest BCUT2D eigenvalue weighted by atomic mass is 9.91. The molecule has 5 rings (SSSR count). The zero-order valence-electron chi connectivity index (χ0n) is 19.8. The molecular weight excluding hydrogens is 446 g/mol. The standard InChI is InChI=1S/C28H28F2N4O/c1-17(2)23-12-21(29)9-10-25(23)31-14-19-11-22(30)13-24-26(19)32-28(33(3)27(24)35)34-15-20(16-34)18-7-5-4-6-8-18/h4-13,20,28,31-32H,1,14-16H2,2-3H3. The number of carbonyl (C=O) groups is 1. The Morgan fingerprint density at radius 1 is 1.09 bits per heavy atom. The number of halogens is 2. The molecule has 0 aliphatic carbocycles. The van der Waals surface area contributed by atoms with Gasteiger partial charge < -0.3 is 15.5 Å². The highest BCUT2D eigenvalue weighted by Gasteiger charge is 2.40. The average Bonchev–Trinajstić information content (AvgIpc) is 2.81. The van der Waals surface area contributed by atoms with Crippen LogP contribution in [0.2, 0.25) is 0 Å². The number of hydrogen-bond acceptors (Lipinski definition) is 4. The maximum absolute atomic E-state index is 14.5. The van der Waals surface area contributed by atoms with E-state index in [-0.39, 0.29) is 24.6 Å². The highest BCUT2D eigenvalue weighted by atomic mass is 19.1. The number of amides is 1. The van der Waals surface area contributed by atoms with E-state index in [9.17, 15) is 13.6 Å². The second-order valence-electron chi connectivity index (χ2n) is 9.31. The van der Waals surface area contributed by atoms with Crippen molar-refractivity contribution >= 4 is 22.9 Å². The lowest BCUT2D eigenvalue weighted by Crippen LogP contribution is -2.62. The molecule has 0 aromatic heterocycles. The number of nitrogens with one attached hydrogen (secondary N) is 2. The number of benzene rings is 3. The highest BCUT2D eigenvalue weighted by molar-refractivity contribution is 6.02. The van der Waals surface area contributed by atoms with Gasteiger partial charge >= 0.3 is 0 Å². The number of anilines is 2. The van der Waals surface area contributed by atoms with E-state index < -0.39 is 5.82 Å². The fourth-order valence-corrected chi connectivity index (χ4v) is 4.87. The Labute approximate surface area is 204 Å². The molecule has 1 atom stereocenters. The smallest absolute Gasteiger partial charge is 0.258 e. The Kier molecular flexibility index (Phi) is 6.03. The molecule has 1 saturated heterocycles. The van der Waals surface area contributed by atoms with Gasteiger partial charge in [-0.1, -0.05) is 36.9 Å². The zero-order valence-corrected chi connectivity index (χ0v) is 19.8. The van der Waals surface area contributed by atoms with Crippen molar-refractivity contribution in [3.63, 3.8) is 0 Å². The summed E-state index contributed by atoms with van der Waals surface area (Å²) in [7, 11) is 1.74. The van der Waals surface area contributed by atoms with E-state index in [1.165, 1.54) is 29.8 Å². The molecule has 0 bridgehead atoms. The summed E-state index contributed by atoms with van der Waals surface area (Å²) in [5.74, 6) is -0.638. The molecule has 0 radical (unpaired) electrons. The van der Waals surface area contributed by atoms with Crippen LogP contribution in [0.4, 0.5) is 20.2 Å². The van der Waals surface area contributed by atoms with Crippen LogP contribution in [0.3, 0.4) is 0 Å². The zero-order chi connectivity index (χ0) is 24.7. The largest absolute Gasteiger partial charge is 0.380 e. The van der Waals surface area contributed by atoms with Crippen LogP contribution < -0.4 is 10.6 Å². The minimum absolute atomic E-state index is 0.225. The Bertz CT molecular complexity index is 1290. The summed E-state index contributed by atoms with van der Waals surface area (Å²) < 4.78 is 28.3. The first-order valence-electron chi connectivity index (χ1n) is 11.7. The molecule has 1 unspecified atom stereocenters. The molecule has 0 spiro atoms. The minimum atomic E-state index is -0.477. The topological polar surface area (TPSA) is 47.6 Å². The quantitative estimate of drug-likeness (QED) is 0.496. The molecule has 5 nitrogen and oxygen atoms in total. The number of likely N-dealkylation sites (tertiary alicyclic amines) is 1. The summed E-state index contributed by atoms with van der Waals surface area (Å²) in [6, 6.07) is 17.5. The van der Waals surface area contributed by atoms with Crippen molar-refractivity contribution < 1.29 is 13.6 Å². The molecule has 2 heterocycles. The Morgan fingerprint density at radius 3 is 2.54 bits per heavy atom. The third-order valence-corrected chi connectivity index (χ3v) is 6.81. The van der Waals surface area contributed by atoms with Gasteiger partial charge in [0, 0.05) is 43.9 Å². The van der Waals surface area contributed by atoms with Crippen LogP contribution in [0, 0.1) is 11.6 Å². The summed E-state index contributed by atoms with van der Waals surface area (Å²) in [5, 5.41) is 6.75. The van der Waals surface area contributed by atoms with Gasteiger partial charge in [-0.15, -0.1) is 0 Å². The maximum Gasteiger partial charge on any atom is 0.258 e. The first-order chi connectivity index (χ1) is 16.8. The maximum atomic E-state index is 14.5. The van der Waals surface area contributed by atoms with Crippen LogP contribution >= 0.6 is 0 Å². The molecule has 7 heteroatoms. The monoisotopic (exact) mass is 474 g/mol. The molecule has 35 heavy (non-hydrogen) atoms. The number of carbonyl (C=O) groups excluding carboxylic acids is 1. The average molecular weight is 475 g/mol. The van der Waals surface area contributed by atoms with Gasteiger partial charge in [-0.3, -0.25) is 9.69 Å². The van der Waals surface area contributed by atoms with E-state index in [1.54, 1.807) is 24.9 Å². The van der Waals surface area contributed by atoms with Crippen LogP contribution in [0.5, 0.6) is 0 Å². The molecular formula is C28H28F2N4O. The van der Waals surface area contributed by atoms with Crippen molar-refractivity contribution in [1.29, 1.82) is 0 Å². The van der Waals surface area contributed by atoms with Gasteiger partial charge in [0.05, 0.1) is 11.3 Å². The molecule has 2 aliphatic rings. The van der Waals surface area contributed by atoms with Crippen molar-refractivity contribution in [2.24, 2.45) is 0 Å². The van der Waals surface area contributed by atoms with E-state index >= 15 is 0 Å². The van der Waals surface area contributed by atoms with E-state index in [4.69, 9.17) is 0 Å². The van der Waals surface area contributed by atoms with Crippen molar-refractivity contribution in [2.75, 3.05) is 30.8 Å². The second kappa shape index (κ2) is 9.15. The molecule has 2 N–H and O–H groups in total. The van der Waals surface area contributed by atoms with Gasteiger partial charge in [-0.2, -0.15) is 0 Å². The van der Waals surface area contributed by atoms with Gasteiger partial charge in [-0.25, -0.2) is 8.78 Å². The third-order valence-electron chi connectivity index (χ3n) is 6.81. The molecule has 3 aromatic carbocycles. The molecule has 3 aromatic rings. The predicted molar refractivity (Wildman–Crippen MR) is 135 cm³/mol. The highest BCUT2D eigenvalue weighted by Crippen LogP contribution is 2.36. The van der Waals surface area contributed by atoms with E-state index in [0.29, 0.717) is 39.6 Å². The molecule has 1 amide bonds. The summed E-state index contributed by atoms with van der Waals surface area (Å²) in [6.45, 7) is 7.63. The van der Waals surface area contributed by atoms with Crippen molar-refractivity contribution in [3.05, 3.63) is 101 Å². The van der Waals surface area contributed by atoms with Gasteiger partial charge in [0.25, 0.3) is 5.91 Å². The van der Waals surface area contributed by atoms with Crippen LogP contribution in [0.1, 0.15) is 39.9 Å². The van der Waals surface area contributed by atoms with E-state index in [2.05, 4.69) is 34.2 Å². The normalized spacial score (nSPS) is 18.0. The van der Waals surface area contributed by atoms with Crippen LogP contribution in [0.25, 0.3) is 5.57 Å². The van der Waals surface area contributed by atoms with E-state index in [1.807, 2.05) is 18.2 Å². The Morgan fingerprint density at radius 2 is 1.83 bits per heavy atom. The van der Waals surface area contributed by atoms with Gasteiger partial charge in [0.1, 0.15) is 11.6 Å². The lowest BCUT2D eigenvalue weighted by molar-refractivity contribution is 0.0144. The van der Waals surface area contributed by atoms with Crippen molar-refractivity contribution in [1.82, 2.24) is 9.80 Å². The third kappa shape index (κ3) is 4.39. The summed E-state index contributed by atoms with van der Waals surface area (Å²) >= 11 is 0. The Balaban J connectivity index is 1.38. The number of allylic oxidation sites excluding steroid dienone is 1. The first-order valence-corrected chi connectivity index (χ1v) is 11.7. The molecule has 2 aliphatic heterocycles. The lowest BCUT2D eigenvalue weighted by Gasteiger charge is -2.49. The minimum Gasteiger partial charge on any atom is -0.380 e. The molecule has 0 saturated carbocycles. The number of fused-ring (bicyclic) bond motifs is 1. The second-order valence-corrected chi connectivity index (χ2v) is 9.31. The van der Waals surface area contributed by atoms with Crippen LogP contribution in [-0.2, 0) is 6.54 Å². The fraction of sp³-hybridized carbons (Fsp3) is 0.250. The van der Waals surface area contributed by atoms with Gasteiger partial charge in [0.15, 0.2) is 6.29 Å². The SMILES string of the molecule is C=C(C)c1cc(F)ccc1NCc1cc(F)cc2c1NC(N1CC(c3ccccc3)C1)N(C)C2=O. The van der Waals surface area contributed by atoms with Gasteiger partial charge in [-0.05, 0) is 54.0 Å². The van der Waals surface area contributed by atoms with Crippen molar-refractivity contribution in [3.8, 4) is 0 Å². The van der Waals surface area contributed by atoms with Crippen LogP contribution in [0.15, 0.2) is 67.2 Å². The van der Waals surface area contributed by atoms with Crippen LogP contribution in [-0.4, -0.2) is 42.1 Å². The fourth-order valence-electron chi connectivity index (χ4n) is 4.87.